The molecule has 4 aromatic rings. The molecule has 0 fully saturated rings. The molecule has 2 aromatic heterocycles. The molecule has 0 bridgehead atoms. The Morgan fingerprint density at radius 1 is 1.06 bits per heavy atom. The zero-order valence-corrected chi connectivity index (χ0v) is 20.3. The molecule has 0 unspecified atom stereocenters. The van der Waals surface area contributed by atoms with Gasteiger partial charge >= 0.3 is 0 Å². The largest absolute Gasteiger partial charge is 0.497 e. The van der Waals surface area contributed by atoms with Crippen LogP contribution < -0.4 is 20.4 Å². The number of hydrogen-bond acceptors (Lipinski definition) is 5. The third-order valence-corrected chi connectivity index (χ3v) is 5.80. The van der Waals surface area contributed by atoms with E-state index in [0.717, 1.165) is 28.0 Å². The minimum atomic E-state index is -0.214. The van der Waals surface area contributed by atoms with Crippen molar-refractivity contribution in [3.63, 3.8) is 0 Å². The van der Waals surface area contributed by atoms with Crippen LogP contribution in [0.25, 0.3) is 11.1 Å². The monoisotopic (exact) mass is 471 g/mol. The molecule has 2 heterocycles. The number of ether oxygens (including phenoxy) is 2. The molecule has 1 amide bonds. The first-order valence-corrected chi connectivity index (χ1v) is 11.2. The number of pyridine rings is 1. The van der Waals surface area contributed by atoms with Gasteiger partial charge in [-0.25, -0.2) is 0 Å². The van der Waals surface area contributed by atoms with Gasteiger partial charge in [-0.3, -0.25) is 15.2 Å². The second-order valence-corrected chi connectivity index (χ2v) is 8.35. The van der Waals surface area contributed by atoms with Crippen LogP contribution in [0.4, 0.5) is 0 Å². The van der Waals surface area contributed by atoms with Crippen LogP contribution in [0.2, 0.25) is 0 Å². The Kier molecular flexibility index (Phi) is 7.01. The topological polar surface area (TPSA) is 94.2 Å². The van der Waals surface area contributed by atoms with Gasteiger partial charge in [-0.15, -0.1) is 0 Å². The summed E-state index contributed by atoms with van der Waals surface area (Å²) in [5.41, 5.74) is 5.36. The zero-order chi connectivity index (χ0) is 24.9. The first-order chi connectivity index (χ1) is 16.9. The Hall–Kier alpha value is -4.33. The number of carbonyl (C=O) groups excluding carboxylic acids is 1. The van der Waals surface area contributed by atoms with E-state index in [4.69, 9.17) is 14.9 Å². The fourth-order valence-electron chi connectivity index (χ4n) is 3.92. The molecule has 180 valence electrons. The fraction of sp³-hybridized carbons (Fsp3) is 0.222. The van der Waals surface area contributed by atoms with Gasteiger partial charge in [0.1, 0.15) is 11.5 Å². The maximum atomic E-state index is 13.2. The van der Waals surface area contributed by atoms with Crippen molar-refractivity contribution in [3.8, 4) is 22.6 Å². The van der Waals surface area contributed by atoms with Gasteiger partial charge in [0.05, 0.1) is 33.0 Å². The third kappa shape index (κ3) is 5.43. The van der Waals surface area contributed by atoms with Gasteiger partial charge in [0.2, 0.25) is 5.62 Å². The highest BCUT2D eigenvalue weighted by Gasteiger charge is 2.14. The van der Waals surface area contributed by atoms with E-state index >= 15 is 0 Å². The quantitative estimate of drug-likeness (QED) is 0.410. The van der Waals surface area contributed by atoms with Gasteiger partial charge in [-0.1, -0.05) is 11.6 Å². The van der Waals surface area contributed by atoms with Crippen LogP contribution in [-0.2, 0) is 20.1 Å². The number of amides is 1. The van der Waals surface area contributed by atoms with E-state index in [1.54, 1.807) is 37.1 Å². The summed E-state index contributed by atoms with van der Waals surface area (Å²) < 4.78 is 14.4. The third-order valence-electron chi connectivity index (χ3n) is 5.80. The van der Waals surface area contributed by atoms with Crippen molar-refractivity contribution in [1.82, 2.24) is 19.4 Å². The summed E-state index contributed by atoms with van der Waals surface area (Å²) >= 11 is 0. The number of methoxy groups -OCH3 is 2. The second-order valence-electron chi connectivity index (χ2n) is 8.35. The summed E-state index contributed by atoms with van der Waals surface area (Å²) in [5, 5.41) is 11.2. The Morgan fingerprint density at radius 3 is 2.60 bits per heavy atom. The van der Waals surface area contributed by atoms with E-state index in [0.29, 0.717) is 29.2 Å². The number of rotatable bonds is 8. The molecule has 0 aliphatic rings. The van der Waals surface area contributed by atoms with Gasteiger partial charge in [0.15, 0.2) is 0 Å². The molecule has 2 aromatic carbocycles. The lowest BCUT2D eigenvalue weighted by Crippen LogP contribution is -2.24. The summed E-state index contributed by atoms with van der Waals surface area (Å²) in [6.07, 6.45) is 5.35. The molecular weight excluding hydrogens is 442 g/mol. The van der Waals surface area contributed by atoms with Crippen LogP contribution in [0.1, 0.15) is 27.2 Å². The molecule has 4 rings (SSSR count). The van der Waals surface area contributed by atoms with E-state index in [-0.39, 0.29) is 12.5 Å². The molecule has 0 saturated heterocycles. The average molecular weight is 472 g/mol. The number of aryl methyl sites for hydroxylation is 2. The number of carbonyl (C=O) groups is 1. The fourth-order valence-corrected chi connectivity index (χ4v) is 3.92. The Morgan fingerprint density at radius 2 is 1.89 bits per heavy atom. The molecule has 0 saturated carbocycles. The normalized spacial score (nSPS) is 10.7. The lowest BCUT2D eigenvalue weighted by atomic mass is 9.97. The number of aromatic nitrogens is 3. The highest BCUT2D eigenvalue weighted by Crippen LogP contribution is 2.32. The summed E-state index contributed by atoms with van der Waals surface area (Å²) in [6.45, 7) is 2.75. The SMILES string of the molecule is COc1ccnc(CNC(=O)c2cc(Cn3ccn(C)c3=N)cc(-c3cc(C)ccc3OC)c2)c1. The molecule has 0 atom stereocenters. The van der Waals surface area contributed by atoms with Crippen LogP contribution in [0.5, 0.6) is 11.5 Å². The van der Waals surface area contributed by atoms with E-state index < -0.39 is 0 Å². The maximum absolute atomic E-state index is 13.2. The summed E-state index contributed by atoms with van der Waals surface area (Å²) in [4.78, 5) is 17.5. The predicted molar refractivity (Wildman–Crippen MR) is 133 cm³/mol. The first-order valence-electron chi connectivity index (χ1n) is 11.2. The van der Waals surface area contributed by atoms with Gasteiger partial charge < -0.3 is 23.9 Å². The lowest BCUT2D eigenvalue weighted by Gasteiger charge is -2.14. The first kappa shape index (κ1) is 23.8. The van der Waals surface area contributed by atoms with Crippen LogP contribution in [0.3, 0.4) is 0 Å². The van der Waals surface area contributed by atoms with Crippen LogP contribution >= 0.6 is 0 Å². The van der Waals surface area contributed by atoms with Gasteiger partial charge in [-0.2, -0.15) is 0 Å². The van der Waals surface area contributed by atoms with Gasteiger partial charge in [0.25, 0.3) is 5.91 Å². The van der Waals surface area contributed by atoms with Crippen molar-refractivity contribution in [1.29, 1.82) is 5.41 Å². The number of benzene rings is 2. The molecule has 0 aliphatic heterocycles. The molecule has 0 aliphatic carbocycles. The predicted octanol–water partition coefficient (Wildman–Crippen LogP) is 3.67. The average Bonchev–Trinajstić information content (AvgIpc) is 3.19. The summed E-state index contributed by atoms with van der Waals surface area (Å²) in [6, 6.07) is 15.3. The number of imidazole rings is 1. The summed E-state index contributed by atoms with van der Waals surface area (Å²) in [7, 11) is 5.06. The minimum absolute atomic E-state index is 0.214. The Labute approximate surface area is 204 Å². The highest BCUT2D eigenvalue weighted by atomic mass is 16.5. The second kappa shape index (κ2) is 10.3. The van der Waals surface area contributed by atoms with Crippen molar-refractivity contribution in [2.75, 3.05) is 14.2 Å². The van der Waals surface area contributed by atoms with Crippen molar-refractivity contribution < 1.29 is 14.3 Å². The smallest absolute Gasteiger partial charge is 0.251 e. The molecule has 0 radical (unpaired) electrons. The van der Waals surface area contributed by atoms with Crippen molar-refractivity contribution in [2.45, 2.75) is 20.0 Å². The molecular formula is C27H29N5O3. The maximum Gasteiger partial charge on any atom is 0.251 e. The van der Waals surface area contributed by atoms with E-state index in [2.05, 4.69) is 10.3 Å². The highest BCUT2D eigenvalue weighted by molar-refractivity contribution is 5.96. The molecule has 8 nitrogen and oxygen atoms in total. The number of hydrogen-bond donors (Lipinski definition) is 2. The Balaban J connectivity index is 1.70. The van der Waals surface area contributed by atoms with E-state index in [9.17, 15) is 4.79 Å². The van der Waals surface area contributed by atoms with E-state index in [1.165, 1.54) is 0 Å². The van der Waals surface area contributed by atoms with Crippen LogP contribution in [0, 0.1) is 12.3 Å². The molecule has 35 heavy (non-hydrogen) atoms. The Bertz CT molecular complexity index is 1420. The number of nitrogens with zero attached hydrogens (tertiary/aromatic N) is 3. The lowest BCUT2D eigenvalue weighted by molar-refractivity contribution is 0.0950. The van der Waals surface area contributed by atoms with Crippen LogP contribution in [-0.4, -0.2) is 34.2 Å². The van der Waals surface area contributed by atoms with Crippen molar-refractivity contribution in [2.24, 2.45) is 7.05 Å². The van der Waals surface area contributed by atoms with Crippen molar-refractivity contribution >= 4 is 5.91 Å². The molecule has 0 spiro atoms. The van der Waals surface area contributed by atoms with Crippen LogP contribution in [0.15, 0.2) is 67.1 Å². The van der Waals surface area contributed by atoms with Crippen molar-refractivity contribution in [3.05, 3.63) is 95.1 Å². The molecule has 2 N–H and O–H groups in total. The van der Waals surface area contributed by atoms with Gasteiger partial charge in [-0.05, 0) is 54.4 Å². The minimum Gasteiger partial charge on any atom is -0.497 e. The number of nitrogens with one attached hydrogen (secondary N) is 2. The van der Waals surface area contributed by atoms with E-state index in [1.807, 2.05) is 67.3 Å². The standard InChI is InChI=1S/C27H29N5O3/c1-18-5-6-25(35-4)24(11-18)20-12-19(17-32-10-9-31(2)27(32)28)13-21(14-20)26(33)30-16-22-15-23(34-3)7-8-29-22/h5-15,28H,16-17H2,1-4H3,(H,30,33). The van der Waals surface area contributed by atoms with Gasteiger partial charge in [0, 0.05) is 42.8 Å². The zero-order valence-electron chi connectivity index (χ0n) is 20.3. The molecule has 8 heteroatoms. The summed E-state index contributed by atoms with van der Waals surface area (Å²) in [5.74, 6) is 1.20.